The van der Waals surface area contributed by atoms with Crippen LogP contribution in [0.3, 0.4) is 0 Å². The van der Waals surface area contributed by atoms with Crippen molar-refractivity contribution in [2.24, 2.45) is 5.10 Å². The van der Waals surface area contributed by atoms with Gasteiger partial charge in [0.15, 0.2) is 0 Å². The number of nitrogens with zero attached hydrogens (tertiary/aromatic N) is 1. The summed E-state index contributed by atoms with van der Waals surface area (Å²) in [5.74, 6) is 0. The van der Waals surface area contributed by atoms with E-state index in [1.807, 2.05) is 13.0 Å². The third kappa shape index (κ3) is 4.90. The van der Waals surface area contributed by atoms with Crippen molar-refractivity contribution in [1.29, 1.82) is 0 Å². The summed E-state index contributed by atoms with van der Waals surface area (Å²) in [5.41, 5.74) is 3.28. The molecule has 2 aromatic carbocycles. The lowest BCUT2D eigenvalue weighted by Gasteiger charge is -2.24. The summed E-state index contributed by atoms with van der Waals surface area (Å²) in [7, 11) is -3.58. The zero-order valence-electron chi connectivity index (χ0n) is 14.4. The van der Waals surface area contributed by atoms with E-state index in [9.17, 15) is 8.42 Å². The SMILES string of the molecule is Cc1ccc(S(=O)(=O)NN=C2CC[NH+](Cc3ccccc3)CC2)cc1. The summed E-state index contributed by atoms with van der Waals surface area (Å²) in [6.07, 6.45) is 1.64. The Morgan fingerprint density at radius 1 is 1.00 bits per heavy atom. The minimum absolute atomic E-state index is 0.245. The van der Waals surface area contributed by atoms with Gasteiger partial charge in [-0.3, -0.25) is 0 Å². The van der Waals surface area contributed by atoms with Crippen LogP contribution < -0.4 is 9.73 Å². The van der Waals surface area contributed by atoms with E-state index in [1.54, 1.807) is 24.3 Å². The highest BCUT2D eigenvalue weighted by Gasteiger charge is 2.20. The fraction of sp³-hybridized carbons (Fsp3) is 0.316. The molecule has 1 fully saturated rings. The number of nitrogens with one attached hydrogen (secondary N) is 2. The minimum atomic E-state index is -3.58. The number of aryl methyl sites for hydroxylation is 1. The Morgan fingerprint density at radius 2 is 1.64 bits per heavy atom. The third-order valence-corrected chi connectivity index (χ3v) is 5.71. The lowest BCUT2D eigenvalue weighted by molar-refractivity contribution is -0.914. The number of benzene rings is 2. The van der Waals surface area contributed by atoms with Gasteiger partial charge in [0.25, 0.3) is 10.0 Å². The normalized spacial score (nSPS) is 18.0. The van der Waals surface area contributed by atoms with Crippen LogP contribution in [0.4, 0.5) is 0 Å². The van der Waals surface area contributed by atoms with E-state index in [0.29, 0.717) is 0 Å². The van der Waals surface area contributed by atoms with E-state index in [2.05, 4.69) is 34.2 Å². The Labute approximate surface area is 149 Å². The van der Waals surface area contributed by atoms with Crippen molar-refractivity contribution >= 4 is 15.7 Å². The molecule has 0 bridgehead atoms. The van der Waals surface area contributed by atoms with Gasteiger partial charge in [0, 0.05) is 18.4 Å². The van der Waals surface area contributed by atoms with Crippen LogP contribution >= 0.6 is 0 Å². The maximum absolute atomic E-state index is 12.3. The van der Waals surface area contributed by atoms with Gasteiger partial charge >= 0.3 is 0 Å². The summed E-state index contributed by atoms with van der Waals surface area (Å²) in [6.45, 7) is 4.87. The number of hydrogen-bond donors (Lipinski definition) is 2. The van der Waals surface area contributed by atoms with Crippen molar-refractivity contribution < 1.29 is 13.3 Å². The highest BCUT2D eigenvalue weighted by atomic mass is 32.2. The van der Waals surface area contributed by atoms with Crippen molar-refractivity contribution in [3.8, 4) is 0 Å². The minimum Gasteiger partial charge on any atom is -0.331 e. The molecule has 1 heterocycles. The predicted molar refractivity (Wildman–Crippen MR) is 99.0 cm³/mol. The predicted octanol–water partition coefficient (Wildman–Crippen LogP) is 1.51. The number of rotatable bonds is 5. The Morgan fingerprint density at radius 3 is 2.28 bits per heavy atom. The van der Waals surface area contributed by atoms with Crippen LogP contribution in [0.2, 0.25) is 0 Å². The summed E-state index contributed by atoms with van der Waals surface area (Å²) in [4.78, 5) is 4.13. The molecule has 1 saturated heterocycles. The molecule has 0 unspecified atom stereocenters. The van der Waals surface area contributed by atoms with Gasteiger partial charge in [0.2, 0.25) is 0 Å². The maximum atomic E-state index is 12.3. The number of sulfonamides is 1. The fourth-order valence-corrected chi connectivity index (χ4v) is 3.81. The molecule has 1 aliphatic rings. The molecule has 2 aromatic rings. The van der Waals surface area contributed by atoms with Crippen molar-refractivity contribution in [3.05, 3.63) is 65.7 Å². The van der Waals surface area contributed by atoms with Crippen LogP contribution in [0.15, 0.2) is 64.6 Å². The van der Waals surface area contributed by atoms with Gasteiger partial charge < -0.3 is 4.90 Å². The van der Waals surface area contributed by atoms with E-state index in [4.69, 9.17) is 0 Å². The van der Waals surface area contributed by atoms with Crippen LogP contribution in [-0.4, -0.2) is 27.2 Å². The molecule has 1 aliphatic heterocycles. The molecular formula is C19H24N3O2S+. The molecule has 132 valence electrons. The van der Waals surface area contributed by atoms with Gasteiger partial charge in [-0.15, -0.1) is 0 Å². The summed E-state index contributed by atoms with van der Waals surface area (Å²) in [6, 6.07) is 17.2. The van der Waals surface area contributed by atoms with Crippen molar-refractivity contribution in [3.63, 3.8) is 0 Å². The van der Waals surface area contributed by atoms with Gasteiger partial charge in [-0.2, -0.15) is 13.5 Å². The standard InChI is InChI=1S/C19H23N3O2S/c1-16-7-9-19(10-8-16)25(23,24)21-20-18-11-13-22(14-12-18)15-17-5-3-2-4-6-17/h2-10,21H,11-15H2,1H3/p+1. The molecule has 0 saturated carbocycles. The molecule has 25 heavy (non-hydrogen) atoms. The zero-order valence-corrected chi connectivity index (χ0v) is 15.2. The van der Waals surface area contributed by atoms with E-state index in [1.165, 1.54) is 10.5 Å². The Hall–Kier alpha value is -2.18. The van der Waals surface area contributed by atoms with Crippen LogP contribution in [0, 0.1) is 6.92 Å². The molecule has 0 atom stereocenters. The highest BCUT2D eigenvalue weighted by Crippen LogP contribution is 2.10. The van der Waals surface area contributed by atoms with Gasteiger partial charge in [0.1, 0.15) is 6.54 Å². The molecule has 3 rings (SSSR count). The number of quaternary nitrogens is 1. The third-order valence-electron chi connectivity index (χ3n) is 4.49. The summed E-state index contributed by atoms with van der Waals surface area (Å²) in [5, 5.41) is 4.16. The Bertz CT molecular complexity index is 821. The lowest BCUT2D eigenvalue weighted by Crippen LogP contribution is -3.11. The average Bonchev–Trinajstić information content (AvgIpc) is 2.62. The van der Waals surface area contributed by atoms with E-state index < -0.39 is 10.0 Å². The Kier molecular flexibility index (Phi) is 5.50. The Balaban J connectivity index is 1.55. The van der Waals surface area contributed by atoms with Crippen LogP contribution in [0.5, 0.6) is 0 Å². The smallest absolute Gasteiger partial charge is 0.276 e. The fourth-order valence-electron chi connectivity index (χ4n) is 2.96. The maximum Gasteiger partial charge on any atom is 0.276 e. The average molecular weight is 358 g/mol. The molecule has 5 nitrogen and oxygen atoms in total. The van der Waals surface area contributed by atoms with Crippen molar-refractivity contribution in [2.75, 3.05) is 13.1 Å². The monoisotopic (exact) mass is 358 g/mol. The second-order valence-electron chi connectivity index (χ2n) is 6.50. The van der Waals surface area contributed by atoms with Crippen molar-refractivity contribution in [1.82, 2.24) is 4.83 Å². The molecule has 0 aliphatic carbocycles. The quantitative estimate of drug-likeness (QED) is 0.796. The summed E-state index contributed by atoms with van der Waals surface area (Å²) < 4.78 is 24.5. The first-order chi connectivity index (χ1) is 12.0. The van der Waals surface area contributed by atoms with E-state index in [0.717, 1.165) is 43.8 Å². The second kappa shape index (κ2) is 7.80. The van der Waals surface area contributed by atoms with Crippen LogP contribution in [-0.2, 0) is 16.6 Å². The molecule has 2 N–H and O–H groups in total. The van der Waals surface area contributed by atoms with E-state index >= 15 is 0 Å². The molecule has 0 spiro atoms. The van der Waals surface area contributed by atoms with Gasteiger partial charge in [-0.1, -0.05) is 48.0 Å². The molecule has 0 aromatic heterocycles. The highest BCUT2D eigenvalue weighted by molar-refractivity contribution is 7.89. The first kappa shape index (κ1) is 17.6. The van der Waals surface area contributed by atoms with Gasteiger partial charge in [-0.25, -0.2) is 4.83 Å². The molecule has 6 heteroatoms. The van der Waals surface area contributed by atoms with Crippen LogP contribution in [0.25, 0.3) is 0 Å². The lowest BCUT2D eigenvalue weighted by atomic mass is 10.1. The topological polar surface area (TPSA) is 63.0 Å². The number of piperidine rings is 1. The van der Waals surface area contributed by atoms with Gasteiger partial charge in [-0.05, 0) is 19.1 Å². The van der Waals surface area contributed by atoms with Crippen molar-refractivity contribution in [2.45, 2.75) is 31.2 Å². The number of likely N-dealkylation sites (tertiary alicyclic amines) is 1. The van der Waals surface area contributed by atoms with Gasteiger partial charge in [0.05, 0.1) is 23.7 Å². The van der Waals surface area contributed by atoms with Crippen LogP contribution in [0.1, 0.15) is 24.0 Å². The number of hydrazone groups is 1. The zero-order chi connectivity index (χ0) is 17.7. The first-order valence-corrected chi connectivity index (χ1v) is 10.0. The van der Waals surface area contributed by atoms with E-state index in [-0.39, 0.29) is 4.90 Å². The largest absolute Gasteiger partial charge is 0.331 e. The molecular weight excluding hydrogens is 334 g/mol. The second-order valence-corrected chi connectivity index (χ2v) is 8.16. The molecule has 0 amide bonds. The first-order valence-electron chi connectivity index (χ1n) is 8.54. The molecule has 0 radical (unpaired) electrons. The summed E-state index contributed by atoms with van der Waals surface area (Å²) >= 11 is 0. The number of hydrogen-bond acceptors (Lipinski definition) is 3.